The van der Waals surface area contributed by atoms with E-state index in [-0.39, 0.29) is 18.3 Å². The Balaban J connectivity index is 0.00000176. The molecular formula is C14H21ClN6O. The fourth-order valence-corrected chi connectivity index (χ4v) is 2.61. The molecule has 1 aliphatic heterocycles. The molecule has 3 rings (SSSR count). The lowest BCUT2D eigenvalue weighted by atomic mass is 10.1. The highest BCUT2D eigenvalue weighted by atomic mass is 35.5. The molecule has 120 valence electrons. The van der Waals surface area contributed by atoms with Gasteiger partial charge < -0.3 is 10.6 Å². The maximum absolute atomic E-state index is 12.4. The van der Waals surface area contributed by atoms with Gasteiger partial charge in [-0.1, -0.05) is 13.3 Å². The molecule has 3 heterocycles. The number of aromatic nitrogens is 4. The summed E-state index contributed by atoms with van der Waals surface area (Å²) < 4.78 is 1.69. The molecule has 0 saturated carbocycles. The average Bonchev–Trinajstić information content (AvgIpc) is 3.03. The van der Waals surface area contributed by atoms with Gasteiger partial charge >= 0.3 is 0 Å². The van der Waals surface area contributed by atoms with Crippen LogP contribution in [0.5, 0.6) is 0 Å². The molecule has 8 heteroatoms. The molecule has 2 aromatic rings. The molecule has 7 nitrogen and oxygen atoms in total. The van der Waals surface area contributed by atoms with E-state index in [9.17, 15) is 4.79 Å². The highest BCUT2D eigenvalue weighted by Crippen LogP contribution is 2.17. The molecule has 0 aliphatic carbocycles. The highest BCUT2D eigenvalue weighted by molar-refractivity contribution is 6.03. The Bertz CT molecular complexity index is 662. The first kappa shape index (κ1) is 16.5. The number of anilines is 1. The summed E-state index contributed by atoms with van der Waals surface area (Å²) >= 11 is 0. The van der Waals surface area contributed by atoms with E-state index in [0.29, 0.717) is 18.1 Å². The number of hydrogen-bond acceptors (Lipinski definition) is 4. The molecule has 1 aliphatic rings. The lowest BCUT2D eigenvalue weighted by molar-refractivity contribution is 0.102. The molecule has 0 spiro atoms. The number of H-pyrrole nitrogens is 1. The Hall–Kier alpha value is -1.86. The first-order valence-corrected chi connectivity index (χ1v) is 7.30. The zero-order valence-corrected chi connectivity index (χ0v) is 13.6. The summed E-state index contributed by atoms with van der Waals surface area (Å²) in [4.78, 5) is 12.4. The van der Waals surface area contributed by atoms with Crippen LogP contribution in [0.3, 0.4) is 0 Å². The smallest absolute Gasteiger partial charge is 0.277 e. The summed E-state index contributed by atoms with van der Waals surface area (Å²) in [5.41, 5.74) is 3.47. The summed E-state index contributed by atoms with van der Waals surface area (Å²) in [7, 11) is 1.83. The van der Waals surface area contributed by atoms with E-state index >= 15 is 0 Å². The number of hydrogen-bond donors (Lipinski definition) is 3. The zero-order chi connectivity index (χ0) is 14.8. The third kappa shape index (κ3) is 3.15. The second-order valence-electron chi connectivity index (χ2n) is 5.30. The Labute approximate surface area is 135 Å². The number of fused-ring (bicyclic) bond motifs is 1. The van der Waals surface area contributed by atoms with Gasteiger partial charge in [-0.3, -0.25) is 14.6 Å². The number of carbonyl (C=O) groups excluding carboxylic acids is 1. The number of carbonyl (C=O) groups is 1. The zero-order valence-electron chi connectivity index (χ0n) is 12.8. The summed E-state index contributed by atoms with van der Waals surface area (Å²) in [5.74, 6) is 0.506. The number of halogens is 1. The van der Waals surface area contributed by atoms with Gasteiger partial charge in [-0.2, -0.15) is 10.2 Å². The monoisotopic (exact) mass is 324 g/mol. The van der Waals surface area contributed by atoms with Gasteiger partial charge in [-0.25, -0.2) is 0 Å². The molecule has 0 saturated heterocycles. The van der Waals surface area contributed by atoms with Crippen LogP contribution in [0.25, 0.3) is 0 Å². The summed E-state index contributed by atoms with van der Waals surface area (Å²) in [6.07, 6.45) is 2.82. The number of aromatic amines is 1. The van der Waals surface area contributed by atoms with Gasteiger partial charge in [0.2, 0.25) is 0 Å². The minimum atomic E-state index is -0.192. The van der Waals surface area contributed by atoms with E-state index in [1.54, 1.807) is 4.68 Å². The van der Waals surface area contributed by atoms with Crippen LogP contribution in [0.1, 0.15) is 40.8 Å². The van der Waals surface area contributed by atoms with Crippen LogP contribution in [-0.2, 0) is 26.4 Å². The van der Waals surface area contributed by atoms with Gasteiger partial charge in [0, 0.05) is 43.9 Å². The Kier molecular flexibility index (Phi) is 5.20. The van der Waals surface area contributed by atoms with Gasteiger partial charge in [0.25, 0.3) is 5.91 Å². The van der Waals surface area contributed by atoms with Gasteiger partial charge in [0.1, 0.15) is 5.82 Å². The standard InChI is InChI=1S/C14H20N6O.ClH/c1-3-4-9-7-12(20(2)19-9)16-14(21)13-10-8-15-6-5-11(10)17-18-13;/h7,15H,3-6,8H2,1-2H3,(H,16,21)(H,17,18);1H. The fourth-order valence-electron chi connectivity index (χ4n) is 2.61. The average molecular weight is 325 g/mol. The van der Waals surface area contributed by atoms with Crippen molar-refractivity contribution in [2.24, 2.45) is 7.05 Å². The number of amides is 1. The van der Waals surface area contributed by atoms with E-state index in [0.717, 1.165) is 42.8 Å². The van der Waals surface area contributed by atoms with Crippen LogP contribution >= 0.6 is 12.4 Å². The lowest BCUT2D eigenvalue weighted by Gasteiger charge is -2.12. The van der Waals surface area contributed by atoms with E-state index in [2.05, 4.69) is 32.9 Å². The third-order valence-electron chi connectivity index (χ3n) is 3.70. The number of nitrogens with zero attached hydrogens (tertiary/aromatic N) is 3. The fraction of sp³-hybridized carbons (Fsp3) is 0.500. The van der Waals surface area contributed by atoms with E-state index in [1.807, 2.05) is 13.1 Å². The van der Waals surface area contributed by atoms with Gasteiger partial charge in [-0.05, 0) is 6.42 Å². The summed E-state index contributed by atoms with van der Waals surface area (Å²) in [6.45, 7) is 3.70. The number of rotatable bonds is 4. The van der Waals surface area contributed by atoms with Crippen molar-refractivity contribution in [2.75, 3.05) is 11.9 Å². The SMILES string of the molecule is CCCc1cc(NC(=O)c2n[nH]c3c2CNCC3)n(C)n1.Cl. The minimum Gasteiger partial charge on any atom is -0.312 e. The van der Waals surface area contributed by atoms with Crippen molar-refractivity contribution in [3.63, 3.8) is 0 Å². The summed E-state index contributed by atoms with van der Waals surface area (Å²) in [6, 6.07) is 1.92. The predicted octanol–water partition coefficient (Wildman–Crippen LogP) is 1.42. The lowest BCUT2D eigenvalue weighted by Crippen LogP contribution is -2.25. The van der Waals surface area contributed by atoms with Crippen molar-refractivity contribution in [1.82, 2.24) is 25.3 Å². The maximum atomic E-state index is 12.4. The predicted molar refractivity (Wildman–Crippen MR) is 86.4 cm³/mol. The molecule has 0 fully saturated rings. The molecule has 0 unspecified atom stereocenters. The highest BCUT2D eigenvalue weighted by Gasteiger charge is 2.22. The molecule has 0 aromatic carbocycles. The molecular weight excluding hydrogens is 304 g/mol. The normalized spacial score (nSPS) is 13.4. The first-order valence-electron chi connectivity index (χ1n) is 7.30. The van der Waals surface area contributed by atoms with Crippen molar-refractivity contribution >= 4 is 24.1 Å². The van der Waals surface area contributed by atoms with Gasteiger partial charge in [0.05, 0.1) is 5.69 Å². The Morgan fingerprint density at radius 2 is 2.32 bits per heavy atom. The molecule has 0 bridgehead atoms. The third-order valence-corrected chi connectivity index (χ3v) is 3.70. The van der Waals surface area contributed by atoms with Crippen molar-refractivity contribution in [2.45, 2.75) is 32.7 Å². The van der Waals surface area contributed by atoms with Gasteiger partial charge in [-0.15, -0.1) is 12.4 Å². The second-order valence-corrected chi connectivity index (χ2v) is 5.30. The van der Waals surface area contributed by atoms with Crippen LogP contribution in [0.4, 0.5) is 5.82 Å². The van der Waals surface area contributed by atoms with Crippen LogP contribution in [0.2, 0.25) is 0 Å². The summed E-state index contributed by atoms with van der Waals surface area (Å²) in [5, 5.41) is 17.7. The van der Waals surface area contributed by atoms with E-state index in [4.69, 9.17) is 0 Å². The molecule has 3 N–H and O–H groups in total. The number of nitrogens with one attached hydrogen (secondary N) is 3. The number of aryl methyl sites for hydroxylation is 2. The minimum absolute atomic E-state index is 0. The Morgan fingerprint density at radius 3 is 3.09 bits per heavy atom. The maximum Gasteiger partial charge on any atom is 0.277 e. The van der Waals surface area contributed by atoms with Crippen molar-refractivity contribution in [1.29, 1.82) is 0 Å². The first-order chi connectivity index (χ1) is 10.2. The molecule has 1 amide bonds. The van der Waals surface area contributed by atoms with Crippen LogP contribution in [0, 0.1) is 0 Å². The molecule has 22 heavy (non-hydrogen) atoms. The Morgan fingerprint density at radius 1 is 1.50 bits per heavy atom. The topological polar surface area (TPSA) is 87.6 Å². The van der Waals surface area contributed by atoms with Crippen LogP contribution in [-0.4, -0.2) is 32.4 Å². The van der Waals surface area contributed by atoms with Gasteiger partial charge in [0.15, 0.2) is 5.69 Å². The van der Waals surface area contributed by atoms with E-state index in [1.165, 1.54) is 0 Å². The van der Waals surface area contributed by atoms with E-state index < -0.39 is 0 Å². The second kappa shape index (κ2) is 6.93. The van der Waals surface area contributed by atoms with Crippen LogP contribution < -0.4 is 10.6 Å². The largest absolute Gasteiger partial charge is 0.312 e. The van der Waals surface area contributed by atoms with Crippen molar-refractivity contribution in [3.8, 4) is 0 Å². The molecule has 0 atom stereocenters. The molecule has 0 radical (unpaired) electrons. The quantitative estimate of drug-likeness (QED) is 0.793. The molecule has 2 aromatic heterocycles. The van der Waals surface area contributed by atoms with Crippen molar-refractivity contribution in [3.05, 3.63) is 28.7 Å². The van der Waals surface area contributed by atoms with Crippen LogP contribution in [0.15, 0.2) is 6.07 Å². The van der Waals surface area contributed by atoms with Crippen molar-refractivity contribution < 1.29 is 4.79 Å².